The van der Waals surface area contributed by atoms with Gasteiger partial charge in [-0.2, -0.15) is 0 Å². The van der Waals surface area contributed by atoms with Crippen LogP contribution in [0.3, 0.4) is 0 Å². The number of rotatable bonds is 7. The fourth-order valence-corrected chi connectivity index (χ4v) is 4.67. The molecule has 2 saturated carbocycles. The monoisotopic (exact) mass is 455 g/mol. The zero-order chi connectivity index (χ0) is 21.5. The van der Waals surface area contributed by atoms with Crippen LogP contribution in [-0.2, 0) is 4.79 Å². The number of hydrogen-bond acceptors (Lipinski definition) is 7. The summed E-state index contributed by atoms with van der Waals surface area (Å²) in [6.07, 6.45) is 5.78. The average molecular weight is 456 g/mol. The summed E-state index contributed by atoms with van der Waals surface area (Å²) in [7, 11) is 0. The van der Waals surface area contributed by atoms with Gasteiger partial charge in [-0.15, -0.1) is 11.8 Å². The van der Waals surface area contributed by atoms with Crippen LogP contribution in [0.2, 0.25) is 0 Å². The van der Waals surface area contributed by atoms with Gasteiger partial charge in [0.25, 0.3) is 5.56 Å². The number of nitrogens with zero attached hydrogens (tertiary/aromatic N) is 3. The quantitative estimate of drug-likeness (QED) is 0.416. The van der Waals surface area contributed by atoms with Gasteiger partial charge in [0.1, 0.15) is 16.2 Å². The van der Waals surface area contributed by atoms with Crippen molar-refractivity contribution in [2.24, 2.45) is 0 Å². The van der Waals surface area contributed by atoms with E-state index in [1.165, 1.54) is 11.8 Å². The number of H-pyrrole nitrogens is 1. The van der Waals surface area contributed by atoms with Gasteiger partial charge in [-0.05, 0) is 56.2 Å². The zero-order valence-corrected chi connectivity index (χ0v) is 18.5. The Bertz CT molecular complexity index is 1280. The number of thioether (sulfide) groups is 2. The highest BCUT2D eigenvalue weighted by Gasteiger charge is 2.32. The highest BCUT2D eigenvalue weighted by atomic mass is 32.2. The summed E-state index contributed by atoms with van der Waals surface area (Å²) in [5.74, 6) is 0.827. The number of amides is 1. The van der Waals surface area contributed by atoms with Crippen LogP contribution in [0.15, 0.2) is 43.8 Å². The molecule has 0 aliphatic heterocycles. The van der Waals surface area contributed by atoms with Gasteiger partial charge in [0.2, 0.25) is 5.91 Å². The van der Waals surface area contributed by atoms with E-state index >= 15 is 0 Å². The number of hydrogen-bond donors (Lipinski definition) is 2. The van der Waals surface area contributed by atoms with Crippen LogP contribution in [0.25, 0.3) is 11.0 Å². The molecule has 0 saturated heterocycles. The fourth-order valence-electron chi connectivity index (χ4n) is 3.44. The Labute approximate surface area is 186 Å². The molecule has 2 N–H and O–H groups in total. The van der Waals surface area contributed by atoms with E-state index in [4.69, 9.17) is 0 Å². The van der Waals surface area contributed by atoms with Crippen LogP contribution in [0.4, 0.5) is 5.69 Å². The molecule has 5 rings (SSSR count). The first kappa shape index (κ1) is 20.3. The smallest absolute Gasteiger partial charge is 0.325 e. The van der Waals surface area contributed by atoms with E-state index in [1.807, 2.05) is 30.5 Å². The SMILES string of the molecule is CSc1ccc(NC(=O)CSc2nc(C3CC3)nc3c2c(=O)[nH]c(=O)n3C2CC2)cc1. The third kappa shape index (κ3) is 4.27. The molecule has 2 aromatic heterocycles. The van der Waals surface area contributed by atoms with Crippen molar-refractivity contribution in [3.05, 3.63) is 50.9 Å². The molecule has 3 aromatic rings. The summed E-state index contributed by atoms with van der Waals surface area (Å²) >= 11 is 2.84. The van der Waals surface area contributed by atoms with Crippen molar-refractivity contribution in [3.63, 3.8) is 0 Å². The lowest BCUT2D eigenvalue weighted by Crippen LogP contribution is -2.31. The van der Waals surface area contributed by atoms with Crippen LogP contribution in [0.5, 0.6) is 0 Å². The van der Waals surface area contributed by atoms with Crippen molar-refractivity contribution in [1.29, 1.82) is 0 Å². The molecule has 2 aliphatic carbocycles. The van der Waals surface area contributed by atoms with Crippen molar-refractivity contribution in [1.82, 2.24) is 19.5 Å². The molecule has 0 unspecified atom stereocenters. The van der Waals surface area contributed by atoms with Crippen molar-refractivity contribution in [2.45, 2.75) is 47.6 Å². The van der Waals surface area contributed by atoms with E-state index in [0.717, 1.165) is 36.3 Å². The predicted octanol–water partition coefficient (Wildman–Crippen LogP) is 3.14. The number of aromatic nitrogens is 4. The number of anilines is 1. The van der Waals surface area contributed by atoms with Gasteiger partial charge in [-0.3, -0.25) is 19.1 Å². The summed E-state index contributed by atoms with van der Waals surface area (Å²) in [4.78, 5) is 50.3. The van der Waals surface area contributed by atoms with Gasteiger partial charge in [0.05, 0.1) is 5.75 Å². The second-order valence-electron chi connectivity index (χ2n) is 7.79. The lowest BCUT2D eigenvalue weighted by Gasteiger charge is -2.12. The minimum Gasteiger partial charge on any atom is -0.325 e. The first-order valence-electron chi connectivity index (χ1n) is 10.2. The molecule has 31 heavy (non-hydrogen) atoms. The summed E-state index contributed by atoms with van der Waals surface area (Å²) in [5, 5.41) is 3.61. The van der Waals surface area contributed by atoms with E-state index in [-0.39, 0.29) is 29.0 Å². The molecule has 2 fully saturated rings. The van der Waals surface area contributed by atoms with Gasteiger partial charge >= 0.3 is 5.69 Å². The molecule has 160 valence electrons. The highest BCUT2D eigenvalue weighted by molar-refractivity contribution is 8.00. The molecule has 0 bridgehead atoms. The largest absolute Gasteiger partial charge is 0.330 e. The van der Waals surface area contributed by atoms with Crippen molar-refractivity contribution < 1.29 is 4.79 Å². The molecule has 0 spiro atoms. The molecule has 1 aromatic carbocycles. The number of aromatic amines is 1. The zero-order valence-electron chi connectivity index (χ0n) is 16.9. The number of carbonyl (C=O) groups is 1. The Morgan fingerprint density at radius 3 is 2.55 bits per heavy atom. The van der Waals surface area contributed by atoms with Gasteiger partial charge in [-0.25, -0.2) is 14.8 Å². The van der Waals surface area contributed by atoms with Gasteiger partial charge in [0.15, 0.2) is 5.65 Å². The second-order valence-corrected chi connectivity index (χ2v) is 9.63. The summed E-state index contributed by atoms with van der Waals surface area (Å²) < 4.78 is 1.59. The van der Waals surface area contributed by atoms with E-state index < -0.39 is 11.2 Å². The van der Waals surface area contributed by atoms with Crippen molar-refractivity contribution in [3.8, 4) is 0 Å². The number of fused-ring (bicyclic) bond motifs is 1. The van der Waals surface area contributed by atoms with Crippen LogP contribution < -0.4 is 16.6 Å². The average Bonchev–Trinajstić information content (AvgIpc) is 3.65. The van der Waals surface area contributed by atoms with Gasteiger partial charge in [-0.1, -0.05) is 11.8 Å². The molecule has 0 atom stereocenters. The third-order valence-corrected chi connectivity index (χ3v) is 7.06. The first-order valence-corrected chi connectivity index (χ1v) is 12.4. The van der Waals surface area contributed by atoms with Gasteiger partial charge < -0.3 is 5.32 Å². The van der Waals surface area contributed by atoms with E-state index in [1.54, 1.807) is 16.3 Å². The van der Waals surface area contributed by atoms with Crippen molar-refractivity contribution >= 4 is 46.2 Å². The standard InChI is InChI=1S/C21H21N5O3S2/c1-30-14-8-4-12(5-9-14)22-15(27)10-31-20-16-18(23-17(24-20)11-2-3-11)26(13-6-7-13)21(29)25-19(16)28/h4-5,8-9,11,13H,2-3,6-7,10H2,1H3,(H,22,27)(H,25,28,29). The van der Waals surface area contributed by atoms with E-state index in [0.29, 0.717) is 16.5 Å². The number of carbonyl (C=O) groups excluding carboxylic acids is 1. The molecule has 2 heterocycles. The lowest BCUT2D eigenvalue weighted by atomic mass is 10.3. The third-order valence-electron chi connectivity index (χ3n) is 5.34. The normalized spacial score (nSPS) is 15.9. The molecule has 8 nitrogen and oxygen atoms in total. The molecule has 10 heteroatoms. The van der Waals surface area contributed by atoms with E-state index in [2.05, 4.69) is 20.3 Å². The Balaban J connectivity index is 1.44. The molecule has 1 amide bonds. The first-order chi connectivity index (χ1) is 15.0. The molecular formula is C21H21N5O3S2. The highest BCUT2D eigenvalue weighted by Crippen LogP contribution is 2.40. The number of nitrogens with one attached hydrogen (secondary N) is 2. The summed E-state index contributed by atoms with van der Waals surface area (Å²) in [5.41, 5.74) is 0.177. The minimum atomic E-state index is -0.505. The predicted molar refractivity (Wildman–Crippen MR) is 122 cm³/mol. The Morgan fingerprint density at radius 2 is 1.90 bits per heavy atom. The summed E-state index contributed by atoms with van der Waals surface area (Å²) in [6, 6.07) is 7.69. The minimum absolute atomic E-state index is 0.0687. The Kier molecular flexibility index (Phi) is 5.35. The number of benzene rings is 1. The fraction of sp³-hybridized carbons (Fsp3) is 0.381. The maximum atomic E-state index is 12.6. The van der Waals surface area contributed by atoms with Crippen LogP contribution in [0.1, 0.15) is 43.5 Å². The Morgan fingerprint density at radius 1 is 1.16 bits per heavy atom. The van der Waals surface area contributed by atoms with Gasteiger partial charge in [0, 0.05) is 22.5 Å². The Hall–Kier alpha value is -2.59. The van der Waals surface area contributed by atoms with Crippen molar-refractivity contribution in [2.75, 3.05) is 17.3 Å². The van der Waals surface area contributed by atoms with Crippen LogP contribution in [-0.4, -0.2) is 37.4 Å². The van der Waals surface area contributed by atoms with Crippen LogP contribution >= 0.6 is 23.5 Å². The topological polar surface area (TPSA) is 110 Å². The molecule has 0 radical (unpaired) electrons. The maximum absolute atomic E-state index is 12.6. The molecular weight excluding hydrogens is 434 g/mol. The summed E-state index contributed by atoms with van der Waals surface area (Å²) in [6.45, 7) is 0. The van der Waals surface area contributed by atoms with Crippen LogP contribution in [0, 0.1) is 0 Å². The second kappa shape index (κ2) is 8.16. The van der Waals surface area contributed by atoms with E-state index in [9.17, 15) is 14.4 Å². The lowest BCUT2D eigenvalue weighted by molar-refractivity contribution is -0.113. The molecule has 2 aliphatic rings. The maximum Gasteiger partial charge on any atom is 0.330 e.